The van der Waals surface area contributed by atoms with Gasteiger partial charge in [-0.2, -0.15) is 0 Å². The van der Waals surface area contributed by atoms with Crippen LogP contribution in [-0.2, 0) is 0 Å². The zero-order valence-corrected chi connectivity index (χ0v) is 15.0. The monoisotopic (exact) mass is 361 g/mol. The van der Waals surface area contributed by atoms with Crippen molar-refractivity contribution in [3.63, 3.8) is 0 Å². The van der Waals surface area contributed by atoms with Gasteiger partial charge in [0.25, 0.3) is 5.91 Å². The third-order valence-corrected chi connectivity index (χ3v) is 4.51. The van der Waals surface area contributed by atoms with E-state index < -0.39 is 5.82 Å². The number of carbonyl (C=O) groups is 1. The lowest BCUT2D eigenvalue weighted by Crippen LogP contribution is -2.34. The van der Waals surface area contributed by atoms with Crippen molar-refractivity contribution in [1.82, 2.24) is 25.6 Å². The van der Waals surface area contributed by atoms with Gasteiger partial charge < -0.3 is 15.4 Å². The van der Waals surface area contributed by atoms with Crippen LogP contribution in [0, 0.1) is 12.7 Å². The number of amides is 1. The molecule has 1 fully saturated rings. The quantitative estimate of drug-likeness (QED) is 0.821. The van der Waals surface area contributed by atoms with Crippen LogP contribution in [0.15, 0.2) is 24.3 Å². The smallest absolute Gasteiger partial charge is 0.273 e. The van der Waals surface area contributed by atoms with E-state index in [2.05, 4.69) is 20.9 Å². The van der Waals surface area contributed by atoms with Gasteiger partial charge >= 0.3 is 0 Å². The molecule has 1 amide bonds. The largest absolute Gasteiger partial charge is 0.486 e. The van der Waals surface area contributed by atoms with Crippen molar-refractivity contribution in [2.45, 2.75) is 38.8 Å². The molecular weight excluding hydrogens is 337 g/mol. The molecule has 1 unspecified atom stereocenters. The molecule has 2 aromatic rings. The summed E-state index contributed by atoms with van der Waals surface area (Å²) in [7, 11) is 0. The summed E-state index contributed by atoms with van der Waals surface area (Å²) in [6.45, 7) is 5.75. The fourth-order valence-corrected chi connectivity index (χ4v) is 3.07. The van der Waals surface area contributed by atoms with Crippen molar-refractivity contribution in [2.24, 2.45) is 0 Å². The Hall–Kier alpha value is -2.48. The van der Waals surface area contributed by atoms with Crippen LogP contribution in [0.25, 0.3) is 0 Å². The Morgan fingerprint density at radius 3 is 2.88 bits per heavy atom. The number of hydrogen-bond donors (Lipinski definition) is 2. The number of benzene rings is 1. The third kappa shape index (κ3) is 4.19. The maximum absolute atomic E-state index is 13.6. The van der Waals surface area contributed by atoms with Gasteiger partial charge in [-0.25, -0.2) is 9.07 Å². The fraction of sp³-hybridized carbons (Fsp3) is 0.500. The second-order valence-corrected chi connectivity index (χ2v) is 6.52. The number of rotatable bonds is 6. The minimum atomic E-state index is -0.425. The number of halogens is 1. The molecular formula is C18H24FN5O2. The van der Waals surface area contributed by atoms with Crippen molar-refractivity contribution >= 4 is 5.91 Å². The van der Waals surface area contributed by atoms with E-state index in [1.54, 1.807) is 25.1 Å². The molecule has 1 aliphatic rings. The first kappa shape index (κ1) is 18.3. The molecule has 3 rings (SSSR count). The normalized spacial score (nSPS) is 16.3. The molecule has 7 nitrogen and oxygen atoms in total. The lowest BCUT2D eigenvalue weighted by atomic mass is 10.1. The average molecular weight is 361 g/mol. The van der Waals surface area contributed by atoms with Crippen LogP contribution in [0.4, 0.5) is 4.39 Å². The van der Waals surface area contributed by atoms with Crippen molar-refractivity contribution in [2.75, 3.05) is 19.6 Å². The molecule has 1 aromatic carbocycles. The second kappa shape index (κ2) is 8.27. The zero-order valence-electron chi connectivity index (χ0n) is 15.0. The van der Waals surface area contributed by atoms with E-state index in [1.165, 1.54) is 6.07 Å². The van der Waals surface area contributed by atoms with Gasteiger partial charge in [-0.15, -0.1) is 5.10 Å². The molecule has 1 aromatic heterocycles. The summed E-state index contributed by atoms with van der Waals surface area (Å²) in [6.07, 6.45) is 1.56. The number of aromatic nitrogens is 3. The van der Waals surface area contributed by atoms with Crippen molar-refractivity contribution in [3.8, 4) is 5.75 Å². The van der Waals surface area contributed by atoms with Gasteiger partial charge in [0.2, 0.25) is 0 Å². The Labute approximate surface area is 151 Å². The number of nitrogens with zero attached hydrogens (tertiary/aromatic N) is 3. The van der Waals surface area contributed by atoms with Gasteiger partial charge in [0, 0.05) is 0 Å². The van der Waals surface area contributed by atoms with E-state index >= 15 is 0 Å². The summed E-state index contributed by atoms with van der Waals surface area (Å²) < 4.78 is 21.0. The van der Waals surface area contributed by atoms with Crippen LogP contribution in [0.5, 0.6) is 5.75 Å². The highest BCUT2D eigenvalue weighted by molar-refractivity contribution is 5.93. The molecule has 0 saturated carbocycles. The number of hydrogen-bond acceptors (Lipinski definition) is 5. The van der Waals surface area contributed by atoms with E-state index in [0.717, 1.165) is 31.6 Å². The van der Waals surface area contributed by atoms with Crippen LogP contribution >= 0.6 is 0 Å². The lowest BCUT2D eigenvalue weighted by molar-refractivity contribution is 0.0925. The number of piperidine rings is 1. The van der Waals surface area contributed by atoms with Crippen LogP contribution in [0.2, 0.25) is 0 Å². The Morgan fingerprint density at radius 1 is 1.42 bits per heavy atom. The van der Waals surface area contributed by atoms with Gasteiger partial charge in [-0.05, 0) is 51.9 Å². The number of para-hydroxylation sites is 1. The molecule has 140 valence electrons. The maximum atomic E-state index is 13.6. The number of nitrogens with one attached hydrogen (secondary N) is 2. The van der Waals surface area contributed by atoms with Crippen molar-refractivity contribution in [1.29, 1.82) is 0 Å². The highest BCUT2D eigenvalue weighted by atomic mass is 19.1. The first-order valence-corrected chi connectivity index (χ1v) is 8.88. The summed E-state index contributed by atoms with van der Waals surface area (Å²) in [6, 6.07) is 6.47. The van der Waals surface area contributed by atoms with Gasteiger partial charge in [-0.3, -0.25) is 4.79 Å². The Kier molecular flexibility index (Phi) is 5.82. The Balaban J connectivity index is 1.56. The van der Waals surface area contributed by atoms with Crippen LogP contribution in [0.1, 0.15) is 42.0 Å². The molecule has 8 heteroatoms. The SMILES string of the molecule is Cc1c(C(=O)NCC(C)Oc2ccccc2F)nnn1C1CCNCC1. The van der Waals surface area contributed by atoms with Gasteiger partial charge in [-0.1, -0.05) is 17.3 Å². The highest BCUT2D eigenvalue weighted by Gasteiger charge is 2.23. The summed E-state index contributed by atoms with van der Waals surface area (Å²) in [4.78, 5) is 12.4. The van der Waals surface area contributed by atoms with Crippen molar-refractivity contribution < 1.29 is 13.9 Å². The Bertz CT molecular complexity index is 758. The predicted molar refractivity (Wildman–Crippen MR) is 94.7 cm³/mol. The molecule has 2 N–H and O–H groups in total. The number of ether oxygens (including phenoxy) is 1. The summed E-state index contributed by atoms with van der Waals surface area (Å²) in [5.41, 5.74) is 1.08. The fourth-order valence-electron chi connectivity index (χ4n) is 3.07. The highest BCUT2D eigenvalue weighted by Crippen LogP contribution is 2.20. The minimum absolute atomic E-state index is 0.169. The van der Waals surface area contributed by atoms with Gasteiger partial charge in [0.05, 0.1) is 18.3 Å². The molecule has 0 radical (unpaired) electrons. The summed E-state index contributed by atoms with van der Waals surface area (Å²) in [5, 5.41) is 14.3. The third-order valence-electron chi connectivity index (χ3n) is 4.51. The van der Waals surface area contributed by atoms with E-state index in [4.69, 9.17) is 4.74 Å². The summed E-state index contributed by atoms with van der Waals surface area (Å²) >= 11 is 0. The van der Waals surface area contributed by atoms with Crippen LogP contribution < -0.4 is 15.4 Å². The molecule has 2 heterocycles. The molecule has 0 spiro atoms. The number of carbonyl (C=O) groups excluding carboxylic acids is 1. The van der Waals surface area contributed by atoms with E-state index in [9.17, 15) is 9.18 Å². The summed E-state index contributed by atoms with van der Waals surface area (Å²) in [5.74, 6) is -0.555. The minimum Gasteiger partial charge on any atom is -0.486 e. The Morgan fingerprint density at radius 2 is 2.15 bits per heavy atom. The standard InChI is InChI=1S/C18H24FN5O2/c1-12(26-16-6-4-3-5-15(16)19)11-21-18(25)17-13(2)24(23-22-17)14-7-9-20-10-8-14/h3-6,12,14,20H,7-11H2,1-2H3,(H,21,25). The van der Waals surface area contributed by atoms with E-state index in [1.807, 2.05) is 11.6 Å². The lowest BCUT2D eigenvalue weighted by Gasteiger charge is -2.23. The molecule has 26 heavy (non-hydrogen) atoms. The van der Waals surface area contributed by atoms with E-state index in [0.29, 0.717) is 5.69 Å². The van der Waals surface area contributed by atoms with Crippen LogP contribution in [-0.4, -0.2) is 46.6 Å². The topological polar surface area (TPSA) is 81.1 Å². The molecule has 0 aliphatic carbocycles. The molecule has 1 atom stereocenters. The van der Waals surface area contributed by atoms with Gasteiger partial charge in [0.15, 0.2) is 17.3 Å². The molecule has 1 saturated heterocycles. The molecule has 1 aliphatic heterocycles. The van der Waals surface area contributed by atoms with E-state index in [-0.39, 0.29) is 30.3 Å². The molecule has 0 bridgehead atoms. The first-order chi connectivity index (χ1) is 12.6. The average Bonchev–Trinajstić information content (AvgIpc) is 3.04. The zero-order chi connectivity index (χ0) is 18.5. The second-order valence-electron chi connectivity index (χ2n) is 6.52. The van der Waals surface area contributed by atoms with Gasteiger partial charge in [0.1, 0.15) is 6.10 Å². The van der Waals surface area contributed by atoms with Crippen LogP contribution in [0.3, 0.4) is 0 Å². The predicted octanol–water partition coefficient (Wildman–Crippen LogP) is 1.85. The maximum Gasteiger partial charge on any atom is 0.273 e. The van der Waals surface area contributed by atoms with Crippen molar-refractivity contribution in [3.05, 3.63) is 41.5 Å². The first-order valence-electron chi connectivity index (χ1n) is 8.88.